The van der Waals surface area contributed by atoms with Crippen LogP contribution in [0.25, 0.3) is 17.2 Å². The first kappa shape index (κ1) is 18.1. The highest BCUT2D eigenvalue weighted by atomic mass is 19.4. The Morgan fingerprint density at radius 3 is 2.64 bits per heavy atom. The highest BCUT2D eigenvalue weighted by Crippen LogP contribution is 2.30. The van der Waals surface area contributed by atoms with Gasteiger partial charge >= 0.3 is 6.18 Å². The Morgan fingerprint density at radius 2 is 1.93 bits per heavy atom. The minimum absolute atomic E-state index is 0.290. The summed E-state index contributed by atoms with van der Waals surface area (Å²) in [5, 5.41) is 0. The first-order valence-corrected chi connectivity index (χ1v) is 8.82. The van der Waals surface area contributed by atoms with Gasteiger partial charge in [-0.25, -0.2) is 15.0 Å². The number of pyridine rings is 1. The lowest BCUT2D eigenvalue weighted by molar-refractivity contribution is -0.140. The molecule has 0 aromatic carbocycles. The molecular formula is C19H17F3N6. The van der Waals surface area contributed by atoms with Gasteiger partial charge in [-0.2, -0.15) is 13.2 Å². The molecule has 144 valence electrons. The summed E-state index contributed by atoms with van der Waals surface area (Å²) in [7, 11) is 0. The van der Waals surface area contributed by atoms with Crippen molar-refractivity contribution in [3.05, 3.63) is 66.3 Å². The van der Waals surface area contributed by atoms with Crippen LogP contribution in [0.1, 0.15) is 30.3 Å². The molecular weight excluding hydrogens is 369 g/mol. The highest BCUT2D eigenvalue weighted by Gasteiger charge is 2.34. The van der Waals surface area contributed by atoms with Crippen LogP contribution in [0.5, 0.6) is 0 Å². The lowest BCUT2D eigenvalue weighted by atomic mass is 10.1. The highest BCUT2D eigenvalue weighted by molar-refractivity contribution is 5.53. The van der Waals surface area contributed by atoms with Gasteiger partial charge in [-0.1, -0.05) is 19.4 Å². The molecule has 0 aliphatic heterocycles. The van der Waals surface area contributed by atoms with Crippen molar-refractivity contribution in [3.63, 3.8) is 0 Å². The molecule has 0 aliphatic rings. The molecule has 0 saturated heterocycles. The van der Waals surface area contributed by atoms with E-state index in [0.29, 0.717) is 41.4 Å². The van der Waals surface area contributed by atoms with Gasteiger partial charge in [0.25, 0.3) is 0 Å². The number of rotatable bonds is 5. The van der Waals surface area contributed by atoms with E-state index in [1.807, 2.05) is 29.7 Å². The number of hydrogen-bond acceptors (Lipinski definition) is 4. The number of nitrogens with zero attached hydrogens (tertiary/aromatic N) is 6. The second-order valence-corrected chi connectivity index (χ2v) is 6.37. The van der Waals surface area contributed by atoms with Gasteiger partial charge in [0, 0.05) is 30.4 Å². The average molecular weight is 386 g/mol. The van der Waals surface area contributed by atoms with Crippen LogP contribution in [0.15, 0.2) is 49.3 Å². The minimum atomic E-state index is -4.49. The number of imidazole rings is 2. The molecule has 6 nitrogen and oxygen atoms in total. The van der Waals surface area contributed by atoms with Gasteiger partial charge in [-0.05, 0) is 18.6 Å². The van der Waals surface area contributed by atoms with E-state index >= 15 is 0 Å². The van der Waals surface area contributed by atoms with Crippen molar-refractivity contribution in [2.45, 2.75) is 32.5 Å². The SMILES string of the molecule is CCCc1c(Cn2ccnc2-c2ccccn2)ncn2cc(C(F)(F)F)nc12. The molecule has 0 fully saturated rings. The molecule has 4 aromatic rings. The fourth-order valence-electron chi connectivity index (χ4n) is 3.15. The summed E-state index contributed by atoms with van der Waals surface area (Å²) in [6, 6.07) is 5.55. The Labute approximate surface area is 158 Å². The van der Waals surface area contributed by atoms with Gasteiger partial charge in [0.1, 0.15) is 17.7 Å². The van der Waals surface area contributed by atoms with E-state index in [-0.39, 0.29) is 0 Å². The standard InChI is InChI=1S/C19H17F3N6/c1-2-5-13-15(25-12-28-11-16(19(20,21)22)26-17(13)28)10-27-9-8-24-18(27)14-6-3-4-7-23-14/h3-4,6-9,11-12H,2,5,10H2,1H3. The van der Waals surface area contributed by atoms with Gasteiger partial charge < -0.3 is 4.57 Å². The molecule has 0 N–H and O–H groups in total. The van der Waals surface area contributed by atoms with Gasteiger partial charge in [0.2, 0.25) is 0 Å². The molecule has 4 aromatic heterocycles. The van der Waals surface area contributed by atoms with Crippen LogP contribution >= 0.6 is 0 Å². The predicted molar refractivity (Wildman–Crippen MR) is 96.5 cm³/mol. The second kappa shape index (κ2) is 7.06. The molecule has 0 amide bonds. The third-order valence-electron chi connectivity index (χ3n) is 4.41. The van der Waals surface area contributed by atoms with Gasteiger partial charge in [0.15, 0.2) is 11.5 Å². The summed E-state index contributed by atoms with van der Waals surface area (Å²) in [4.78, 5) is 16.9. The fourth-order valence-corrected chi connectivity index (χ4v) is 3.15. The first-order chi connectivity index (χ1) is 13.5. The molecule has 0 radical (unpaired) electrons. The van der Waals surface area contributed by atoms with Gasteiger partial charge in [-0.15, -0.1) is 0 Å². The largest absolute Gasteiger partial charge is 0.434 e. The zero-order valence-electron chi connectivity index (χ0n) is 15.1. The normalized spacial score (nSPS) is 12.0. The van der Waals surface area contributed by atoms with Crippen LogP contribution in [0.4, 0.5) is 13.2 Å². The third kappa shape index (κ3) is 3.35. The van der Waals surface area contributed by atoms with Crippen LogP contribution in [-0.4, -0.2) is 28.9 Å². The Kier molecular flexibility index (Phi) is 4.58. The topological polar surface area (TPSA) is 60.9 Å². The first-order valence-electron chi connectivity index (χ1n) is 8.82. The summed E-state index contributed by atoms with van der Waals surface area (Å²) in [5.74, 6) is 0.670. The maximum absolute atomic E-state index is 13.1. The van der Waals surface area contributed by atoms with E-state index in [2.05, 4.69) is 19.9 Å². The molecule has 0 saturated carbocycles. The van der Waals surface area contributed by atoms with Crippen molar-refractivity contribution in [1.82, 2.24) is 28.9 Å². The van der Waals surface area contributed by atoms with Crippen LogP contribution < -0.4 is 0 Å². The molecule has 28 heavy (non-hydrogen) atoms. The number of halogens is 3. The number of alkyl halides is 3. The molecule has 4 heterocycles. The van der Waals surface area contributed by atoms with Crippen LogP contribution in [0.2, 0.25) is 0 Å². The molecule has 0 atom stereocenters. The van der Waals surface area contributed by atoms with Crippen molar-refractivity contribution in [2.75, 3.05) is 0 Å². The summed E-state index contributed by atoms with van der Waals surface area (Å²) < 4.78 is 42.4. The zero-order chi connectivity index (χ0) is 19.7. The lowest BCUT2D eigenvalue weighted by Crippen LogP contribution is -2.09. The molecule has 4 rings (SSSR count). The average Bonchev–Trinajstić information content (AvgIpc) is 3.31. The van der Waals surface area contributed by atoms with E-state index in [0.717, 1.165) is 12.6 Å². The number of aromatic nitrogens is 6. The van der Waals surface area contributed by atoms with Crippen molar-refractivity contribution in [3.8, 4) is 11.5 Å². The second-order valence-electron chi connectivity index (χ2n) is 6.37. The minimum Gasteiger partial charge on any atom is -0.324 e. The van der Waals surface area contributed by atoms with E-state index in [1.54, 1.807) is 18.6 Å². The van der Waals surface area contributed by atoms with E-state index in [1.165, 1.54) is 10.7 Å². The zero-order valence-corrected chi connectivity index (χ0v) is 15.1. The van der Waals surface area contributed by atoms with E-state index in [4.69, 9.17) is 0 Å². The monoisotopic (exact) mass is 386 g/mol. The van der Waals surface area contributed by atoms with Crippen LogP contribution in [0.3, 0.4) is 0 Å². The fraction of sp³-hybridized carbons (Fsp3) is 0.263. The number of hydrogen-bond donors (Lipinski definition) is 0. The van der Waals surface area contributed by atoms with Crippen LogP contribution in [0, 0.1) is 0 Å². The lowest BCUT2D eigenvalue weighted by Gasteiger charge is -2.12. The van der Waals surface area contributed by atoms with Crippen LogP contribution in [-0.2, 0) is 19.1 Å². The predicted octanol–water partition coefficient (Wildman–Crippen LogP) is 4.01. The van der Waals surface area contributed by atoms with Crippen molar-refractivity contribution < 1.29 is 13.2 Å². The Bertz CT molecular complexity index is 1100. The summed E-state index contributed by atoms with van der Waals surface area (Å²) in [6.07, 6.45) is 4.35. The summed E-state index contributed by atoms with van der Waals surface area (Å²) >= 11 is 0. The number of fused-ring (bicyclic) bond motifs is 1. The number of aryl methyl sites for hydroxylation is 1. The third-order valence-corrected chi connectivity index (χ3v) is 4.41. The Hall–Kier alpha value is -3.23. The van der Waals surface area contributed by atoms with Crippen molar-refractivity contribution in [1.29, 1.82) is 0 Å². The molecule has 0 unspecified atom stereocenters. The summed E-state index contributed by atoms with van der Waals surface area (Å²) in [6.45, 7) is 2.34. The Balaban J connectivity index is 1.77. The maximum Gasteiger partial charge on any atom is 0.434 e. The maximum atomic E-state index is 13.1. The van der Waals surface area contributed by atoms with Crippen molar-refractivity contribution in [2.24, 2.45) is 0 Å². The van der Waals surface area contributed by atoms with Gasteiger partial charge in [0.05, 0.1) is 12.2 Å². The molecule has 0 aliphatic carbocycles. The van der Waals surface area contributed by atoms with E-state index < -0.39 is 11.9 Å². The summed E-state index contributed by atoms with van der Waals surface area (Å²) in [5.41, 5.74) is 1.47. The molecule has 0 bridgehead atoms. The smallest absolute Gasteiger partial charge is 0.324 e. The molecule has 0 spiro atoms. The van der Waals surface area contributed by atoms with Crippen molar-refractivity contribution >= 4 is 5.65 Å². The van der Waals surface area contributed by atoms with Gasteiger partial charge in [-0.3, -0.25) is 9.38 Å². The van der Waals surface area contributed by atoms with E-state index in [9.17, 15) is 13.2 Å². The molecule has 9 heteroatoms. The quantitative estimate of drug-likeness (QED) is 0.520. The Morgan fingerprint density at radius 1 is 1.07 bits per heavy atom.